The number of hydrogen-bond acceptors (Lipinski definition) is 5. The Morgan fingerprint density at radius 3 is 2.57 bits per heavy atom. The molecule has 3 N–H and O–H groups in total. The summed E-state index contributed by atoms with van der Waals surface area (Å²) >= 11 is 6.09. The van der Waals surface area contributed by atoms with Gasteiger partial charge in [-0.3, -0.25) is 4.79 Å². The van der Waals surface area contributed by atoms with Crippen molar-refractivity contribution < 1.29 is 14.3 Å². The zero-order valence-corrected chi connectivity index (χ0v) is 16.3. The number of aromatic nitrogens is 1. The van der Waals surface area contributed by atoms with Crippen molar-refractivity contribution >= 4 is 29.0 Å². The van der Waals surface area contributed by atoms with E-state index in [1.807, 2.05) is 19.1 Å². The van der Waals surface area contributed by atoms with E-state index in [0.29, 0.717) is 40.1 Å². The Hall–Kier alpha value is -3.09. The third-order valence-corrected chi connectivity index (χ3v) is 4.36. The van der Waals surface area contributed by atoms with Crippen molar-refractivity contribution in [1.82, 2.24) is 4.98 Å². The van der Waals surface area contributed by atoms with E-state index >= 15 is 0 Å². The van der Waals surface area contributed by atoms with Crippen LogP contribution in [0.4, 0.5) is 11.5 Å². The predicted molar refractivity (Wildman–Crippen MR) is 110 cm³/mol. The summed E-state index contributed by atoms with van der Waals surface area (Å²) in [5.41, 5.74) is 8.40. The van der Waals surface area contributed by atoms with Gasteiger partial charge in [0.25, 0.3) is 5.91 Å². The normalized spacial score (nSPS) is 10.5. The number of benzene rings is 2. The first-order valence-electron chi connectivity index (χ1n) is 8.56. The first-order valence-corrected chi connectivity index (χ1v) is 8.94. The highest BCUT2D eigenvalue weighted by atomic mass is 35.5. The number of methoxy groups -OCH3 is 1. The van der Waals surface area contributed by atoms with Crippen LogP contribution in [0.1, 0.15) is 21.6 Å². The molecule has 0 aliphatic carbocycles. The van der Waals surface area contributed by atoms with Crippen LogP contribution in [0.15, 0.2) is 54.6 Å². The standard InChI is InChI=1S/C21H20ClN3O3/c1-13-11-16(20(23)25-18(13)12-27-2)21(26)24-14-7-9-15(10-8-14)28-19-6-4-3-5-17(19)22/h3-11H,12H2,1-2H3,(H2,23,25)(H,24,26). The molecule has 1 aromatic heterocycles. The third kappa shape index (κ3) is 4.60. The fourth-order valence-corrected chi connectivity index (χ4v) is 2.77. The second-order valence-corrected chi connectivity index (χ2v) is 6.54. The number of para-hydroxylation sites is 1. The average Bonchev–Trinajstić information content (AvgIpc) is 2.68. The number of halogens is 1. The number of nitrogens with two attached hydrogens (primary N) is 1. The van der Waals surface area contributed by atoms with E-state index in [1.165, 1.54) is 0 Å². The van der Waals surface area contributed by atoms with Gasteiger partial charge in [0.2, 0.25) is 0 Å². The Morgan fingerprint density at radius 1 is 1.18 bits per heavy atom. The summed E-state index contributed by atoms with van der Waals surface area (Å²) in [6.07, 6.45) is 0. The molecule has 0 fully saturated rings. The van der Waals surface area contributed by atoms with Gasteiger partial charge in [0, 0.05) is 12.8 Å². The highest BCUT2D eigenvalue weighted by molar-refractivity contribution is 6.32. The van der Waals surface area contributed by atoms with Crippen LogP contribution in [0.5, 0.6) is 11.5 Å². The van der Waals surface area contributed by atoms with E-state index in [4.69, 9.17) is 26.8 Å². The Morgan fingerprint density at radius 2 is 1.89 bits per heavy atom. The van der Waals surface area contributed by atoms with Crippen LogP contribution in [-0.2, 0) is 11.3 Å². The molecule has 2 aromatic carbocycles. The van der Waals surface area contributed by atoms with Gasteiger partial charge in [-0.1, -0.05) is 23.7 Å². The molecule has 144 valence electrons. The molecule has 0 bridgehead atoms. The predicted octanol–water partition coefficient (Wildman–Crippen LogP) is 4.82. The molecule has 0 aliphatic heterocycles. The van der Waals surface area contributed by atoms with Crippen molar-refractivity contribution in [2.45, 2.75) is 13.5 Å². The van der Waals surface area contributed by atoms with Crippen LogP contribution in [0.3, 0.4) is 0 Å². The molecule has 3 rings (SSSR count). The summed E-state index contributed by atoms with van der Waals surface area (Å²) in [5, 5.41) is 3.33. The summed E-state index contributed by atoms with van der Waals surface area (Å²) in [7, 11) is 1.58. The Kier molecular flexibility index (Phi) is 6.13. The monoisotopic (exact) mass is 397 g/mol. The van der Waals surface area contributed by atoms with E-state index < -0.39 is 0 Å². The summed E-state index contributed by atoms with van der Waals surface area (Å²) in [6, 6.07) is 15.9. The van der Waals surface area contributed by atoms with E-state index in [-0.39, 0.29) is 11.7 Å². The largest absolute Gasteiger partial charge is 0.456 e. The van der Waals surface area contributed by atoms with Crippen LogP contribution in [0.25, 0.3) is 0 Å². The first-order chi connectivity index (χ1) is 13.5. The van der Waals surface area contributed by atoms with Crippen molar-refractivity contribution in [2.75, 3.05) is 18.2 Å². The molecule has 6 nitrogen and oxygen atoms in total. The number of carbonyl (C=O) groups excluding carboxylic acids is 1. The van der Waals surface area contributed by atoms with E-state index in [1.54, 1.807) is 49.6 Å². The molecule has 0 spiro atoms. The highest BCUT2D eigenvalue weighted by Gasteiger charge is 2.14. The maximum absolute atomic E-state index is 12.6. The second kappa shape index (κ2) is 8.73. The van der Waals surface area contributed by atoms with Gasteiger partial charge in [0.15, 0.2) is 0 Å². The molecule has 3 aromatic rings. The minimum atomic E-state index is -0.336. The Balaban J connectivity index is 1.71. The molecule has 1 heterocycles. The molecule has 28 heavy (non-hydrogen) atoms. The number of hydrogen-bond donors (Lipinski definition) is 2. The lowest BCUT2D eigenvalue weighted by Gasteiger charge is -2.12. The van der Waals surface area contributed by atoms with Crippen molar-refractivity contribution in [3.63, 3.8) is 0 Å². The number of nitrogen functional groups attached to an aromatic ring is 1. The van der Waals surface area contributed by atoms with Crippen LogP contribution in [-0.4, -0.2) is 18.0 Å². The van der Waals surface area contributed by atoms with Gasteiger partial charge in [-0.15, -0.1) is 0 Å². The van der Waals surface area contributed by atoms with E-state index in [9.17, 15) is 4.79 Å². The lowest BCUT2D eigenvalue weighted by atomic mass is 10.1. The molecular formula is C21H20ClN3O3. The maximum atomic E-state index is 12.6. The van der Waals surface area contributed by atoms with Crippen LogP contribution < -0.4 is 15.8 Å². The van der Waals surface area contributed by atoms with Crippen molar-refractivity contribution in [3.8, 4) is 11.5 Å². The van der Waals surface area contributed by atoms with Gasteiger partial charge in [-0.05, 0) is 55.0 Å². The molecule has 0 saturated heterocycles. The number of rotatable bonds is 6. The molecule has 0 radical (unpaired) electrons. The minimum Gasteiger partial charge on any atom is -0.456 e. The molecule has 0 atom stereocenters. The SMILES string of the molecule is COCc1nc(N)c(C(=O)Nc2ccc(Oc3ccccc3Cl)cc2)cc1C. The Bertz CT molecular complexity index is 991. The molecule has 0 saturated carbocycles. The van der Waals surface area contributed by atoms with Crippen LogP contribution >= 0.6 is 11.6 Å². The summed E-state index contributed by atoms with van der Waals surface area (Å²) in [6.45, 7) is 2.20. The molecule has 0 unspecified atom stereocenters. The van der Waals surface area contributed by atoms with E-state index in [0.717, 1.165) is 5.56 Å². The molecule has 0 aliphatic rings. The zero-order chi connectivity index (χ0) is 20.1. The van der Waals surface area contributed by atoms with E-state index in [2.05, 4.69) is 10.3 Å². The lowest BCUT2D eigenvalue weighted by Crippen LogP contribution is -2.16. The van der Waals surface area contributed by atoms with Gasteiger partial charge in [0.1, 0.15) is 17.3 Å². The Labute approximate surface area is 168 Å². The number of nitrogens with one attached hydrogen (secondary N) is 1. The smallest absolute Gasteiger partial charge is 0.259 e. The first kappa shape index (κ1) is 19.7. The molecule has 7 heteroatoms. The van der Waals surface area contributed by atoms with Crippen molar-refractivity contribution in [1.29, 1.82) is 0 Å². The lowest BCUT2D eigenvalue weighted by molar-refractivity contribution is 0.102. The van der Waals surface area contributed by atoms with Gasteiger partial charge >= 0.3 is 0 Å². The van der Waals surface area contributed by atoms with Crippen LogP contribution in [0.2, 0.25) is 5.02 Å². The topological polar surface area (TPSA) is 86.5 Å². The van der Waals surface area contributed by atoms with Gasteiger partial charge in [-0.25, -0.2) is 4.98 Å². The van der Waals surface area contributed by atoms with Gasteiger partial charge in [0.05, 0.1) is 22.9 Å². The maximum Gasteiger partial charge on any atom is 0.259 e. The van der Waals surface area contributed by atoms with Crippen molar-refractivity contribution in [2.24, 2.45) is 0 Å². The third-order valence-electron chi connectivity index (χ3n) is 4.05. The fourth-order valence-electron chi connectivity index (χ4n) is 2.59. The number of carbonyl (C=O) groups is 1. The second-order valence-electron chi connectivity index (χ2n) is 6.13. The minimum absolute atomic E-state index is 0.161. The average molecular weight is 398 g/mol. The number of ether oxygens (including phenoxy) is 2. The summed E-state index contributed by atoms with van der Waals surface area (Å²) < 4.78 is 10.8. The number of amides is 1. The van der Waals surface area contributed by atoms with Crippen molar-refractivity contribution in [3.05, 3.63) is 76.4 Å². The van der Waals surface area contributed by atoms with Gasteiger partial charge in [-0.2, -0.15) is 0 Å². The van der Waals surface area contributed by atoms with Crippen LogP contribution in [0, 0.1) is 6.92 Å². The zero-order valence-electron chi connectivity index (χ0n) is 15.5. The highest BCUT2D eigenvalue weighted by Crippen LogP contribution is 2.29. The van der Waals surface area contributed by atoms with Gasteiger partial charge < -0.3 is 20.5 Å². The molecular weight excluding hydrogens is 378 g/mol. The molecule has 1 amide bonds. The quantitative estimate of drug-likeness (QED) is 0.622. The number of nitrogens with zero attached hydrogens (tertiary/aromatic N) is 1. The summed E-state index contributed by atoms with van der Waals surface area (Å²) in [5.74, 6) is 0.990. The number of anilines is 2. The number of pyridine rings is 1. The summed E-state index contributed by atoms with van der Waals surface area (Å²) in [4.78, 5) is 16.8. The number of aryl methyl sites for hydroxylation is 1. The fraction of sp³-hybridized carbons (Fsp3) is 0.143.